The Labute approximate surface area is 107 Å². The van der Waals surface area contributed by atoms with Crippen LogP contribution < -0.4 is 0 Å². The highest BCUT2D eigenvalue weighted by Crippen LogP contribution is 2.31. The third kappa shape index (κ3) is 1.36. The van der Waals surface area contributed by atoms with Gasteiger partial charge in [-0.3, -0.25) is 0 Å². The van der Waals surface area contributed by atoms with Crippen LogP contribution in [-0.4, -0.2) is 9.97 Å². The fourth-order valence-electron chi connectivity index (χ4n) is 2.05. The van der Waals surface area contributed by atoms with E-state index in [2.05, 4.69) is 16.0 Å². The van der Waals surface area contributed by atoms with Crippen molar-refractivity contribution in [3.05, 3.63) is 48.0 Å². The van der Waals surface area contributed by atoms with Crippen molar-refractivity contribution in [2.45, 2.75) is 0 Å². The van der Waals surface area contributed by atoms with E-state index in [-0.39, 0.29) is 0 Å². The molecule has 18 heavy (non-hydrogen) atoms. The first kappa shape index (κ1) is 9.79. The first-order chi connectivity index (χ1) is 8.92. The molecule has 0 fully saturated rings. The van der Waals surface area contributed by atoms with Crippen molar-refractivity contribution in [1.82, 2.24) is 9.97 Å². The second-order valence-corrected chi connectivity index (χ2v) is 4.88. The van der Waals surface area contributed by atoms with Crippen LogP contribution in [0.1, 0.15) is 0 Å². The van der Waals surface area contributed by atoms with Crippen molar-refractivity contribution < 1.29 is 4.42 Å². The number of para-hydroxylation sites is 3. The van der Waals surface area contributed by atoms with Crippen LogP contribution in [0.25, 0.3) is 32.8 Å². The maximum absolute atomic E-state index is 5.79. The van der Waals surface area contributed by atoms with E-state index >= 15 is 0 Å². The second-order valence-electron chi connectivity index (χ2n) is 3.99. The number of nitrogens with zero attached hydrogens (tertiary/aromatic N) is 2. The van der Waals surface area contributed by atoms with Gasteiger partial charge in [-0.15, -0.1) is 11.3 Å². The lowest BCUT2D eigenvalue weighted by Crippen LogP contribution is -1.79. The number of oxazole rings is 1. The summed E-state index contributed by atoms with van der Waals surface area (Å²) >= 11 is 1.62. The molecule has 0 atom stereocenters. The molecule has 4 rings (SSSR count). The monoisotopic (exact) mass is 252 g/mol. The average Bonchev–Trinajstić information content (AvgIpc) is 3.04. The van der Waals surface area contributed by atoms with Gasteiger partial charge in [0.1, 0.15) is 5.52 Å². The Morgan fingerprint density at radius 1 is 1.00 bits per heavy atom. The van der Waals surface area contributed by atoms with Gasteiger partial charge in [-0.2, -0.15) is 0 Å². The average molecular weight is 252 g/mol. The fourth-order valence-corrected chi connectivity index (χ4v) is 2.75. The number of hydrogen-bond donors (Lipinski definition) is 0. The highest BCUT2D eigenvalue weighted by molar-refractivity contribution is 7.16. The van der Waals surface area contributed by atoms with Crippen LogP contribution in [0.4, 0.5) is 0 Å². The first-order valence-corrected chi connectivity index (χ1v) is 6.48. The number of aromatic nitrogens is 2. The summed E-state index contributed by atoms with van der Waals surface area (Å²) in [7, 11) is 0. The molecular weight excluding hydrogens is 244 g/mol. The van der Waals surface area contributed by atoms with Crippen molar-refractivity contribution in [2.24, 2.45) is 0 Å². The Morgan fingerprint density at radius 2 is 1.94 bits per heavy atom. The third-order valence-electron chi connectivity index (χ3n) is 2.88. The van der Waals surface area contributed by atoms with Crippen molar-refractivity contribution in [2.75, 3.05) is 0 Å². The quantitative estimate of drug-likeness (QED) is 0.512. The van der Waals surface area contributed by atoms with Crippen LogP contribution in [0.2, 0.25) is 0 Å². The van der Waals surface area contributed by atoms with Gasteiger partial charge >= 0.3 is 0 Å². The molecule has 0 unspecified atom stereocenters. The van der Waals surface area contributed by atoms with Gasteiger partial charge < -0.3 is 4.42 Å². The number of benzene rings is 2. The topological polar surface area (TPSA) is 38.9 Å². The molecule has 0 aliphatic rings. The smallest absolute Gasteiger partial charge is 0.229 e. The highest BCUT2D eigenvalue weighted by Gasteiger charge is 2.12. The van der Waals surface area contributed by atoms with Crippen LogP contribution in [-0.2, 0) is 0 Å². The fraction of sp³-hybridized carbons (Fsp3) is 0. The summed E-state index contributed by atoms with van der Waals surface area (Å²) in [6, 6.07) is 13.8. The van der Waals surface area contributed by atoms with E-state index in [1.54, 1.807) is 11.3 Å². The molecule has 4 heteroatoms. The molecule has 0 radical (unpaired) electrons. The number of hydrogen-bond acceptors (Lipinski definition) is 4. The summed E-state index contributed by atoms with van der Waals surface area (Å²) in [5.41, 5.74) is 5.43. The summed E-state index contributed by atoms with van der Waals surface area (Å²) in [4.78, 5) is 8.89. The lowest BCUT2D eigenvalue weighted by molar-refractivity contribution is 0.620. The summed E-state index contributed by atoms with van der Waals surface area (Å²) < 4.78 is 6.93. The van der Waals surface area contributed by atoms with E-state index in [1.165, 1.54) is 0 Å². The molecule has 0 amide bonds. The predicted molar refractivity (Wildman–Crippen MR) is 72.6 cm³/mol. The van der Waals surface area contributed by atoms with Gasteiger partial charge in [0.25, 0.3) is 0 Å². The van der Waals surface area contributed by atoms with E-state index < -0.39 is 0 Å². The molecule has 3 nitrogen and oxygen atoms in total. The molecule has 0 aliphatic carbocycles. The van der Waals surface area contributed by atoms with Crippen molar-refractivity contribution in [3.8, 4) is 11.5 Å². The zero-order valence-electron chi connectivity index (χ0n) is 9.33. The third-order valence-corrected chi connectivity index (χ3v) is 3.68. The molecule has 0 aliphatic heterocycles. The number of fused-ring (bicyclic) bond motifs is 2. The van der Waals surface area contributed by atoms with Gasteiger partial charge in [0, 0.05) is 0 Å². The van der Waals surface area contributed by atoms with Crippen LogP contribution in [0, 0.1) is 0 Å². The highest BCUT2D eigenvalue weighted by atomic mass is 32.1. The molecule has 2 aromatic heterocycles. The largest absolute Gasteiger partial charge is 0.436 e. The first-order valence-electron chi connectivity index (χ1n) is 5.60. The molecule has 2 aromatic carbocycles. The van der Waals surface area contributed by atoms with Gasteiger partial charge in [0.2, 0.25) is 5.89 Å². The second kappa shape index (κ2) is 3.65. The Kier molecular flexibility index (Phi) is 1.98. The molecule has 0 saturated carbocycles. The number of rotatable bonds is 1. The normalized spacial score (nSPS) is 11.3. The Balaban J connectivity index is 2.04. The summed E-state index contributed by atoms with van der Waals surface area (Å²) in [5, 5.41) is 0. The lowest BCUT2D eigenvalue weighted by Gasteiger charge is -1.95. The molecule has 0 spiro atoms. The molecule has 0 saturated heterocycles. The standard InChI is InChI=1S/C14H8N2OS/c1-2-6-11-10(5-1)16-14(17-11)9-4-3-7-12-13(9)15-8-18-12/h1-8H. The Morgan fingerprint density at radius 3 is 2.89 bits per heavy atom. The van der Waals surface area contributed by atoms with E-state index in [4.69, 9.17) is 4.42 Å². The van der Waals surface area contributed by atoms with Gasteiger partial charge in [0.15, 0.2) is 5.58 Å². The Hall–Kier alpha value is -2.20. The molecule has 2 heterocycles. The SMILES string of the molecule is c1ccc2oc(-c3cccc4scnc34)nc2c1. The molecule has 0 N–H and O–H groups in total. The van der Waals surface area contributed by atoms with Crippen LogP contribution in [0.5, 0.6) is 0 Å². The summed E-state index contributed by atoms with van der Waals surface area (Å²) in [6.07, 6.45) is 0. The van der Waals surface area contributed by atoms with Crippen molar-refractivity contribution >= 4 is 32.7 Å². The van der Waals surface area contributed by atoms with E-state index in [1.807, 2.05) is 41.9 Å². The van der Waals surface area contributed by atoms with Crippen molar-refractivity contribution in [1.29, 1.82) is 0 Å². The minimum atomic E-state index is 0.632. The van der Waals surface area contributed by atoms with Gasteiger partial charge in [0.05, 0.1) is 21.3 Å². The minimum absolute atomic E-state index is 0.632. The zero-order valence-corrected chi connectivity index (χ0v) is 10.1. The van der Waals surface area contributed by atoms with Crippen molar-refractivity contribution in [3.63, 3.8) is 0 Å². The zero-order chi connectivity index (χ0) is 11.9. The number of thiazole rings is 1. The molecular formula is C14H8N2OS. The molecule has 0 bridgehead atoms. The summed E-state index contributed by atoms with van der Waals surface area (Å²) in [5.74, 6) is 0.632. The van der Waals surface area contributed by atoms with Crippen LogP contribution in [0.15, 0.2) is 52.4 Å². The Bertz CT molecular complexity index is 814. The molecule has 86 valence electrons. The maximum Gasteiger partial charge on any atom is 0.229 e. The predicted octanol–water partition coefficient (Wildman–Crippen LogP) is 4.10. The van der Waals surface area contributed by atoms with Crippen LogP contribution in [0.3, 0.4) is 0 Å². The van der Waals surface area contributed by atoms with Gasteiger partial charge in [-0.05, 0) is 24.3 Å². The van der Waals surface area contributed by atoms with E-state index in [0.29, 0.717) is 5.89 Å². The van der Waals surface area contributed by atoms with Crippen LogP contribution >= 0.6 is 11.3 Å². The van der Waals surface area contributed by atoms with E-state index in [0.717, 1.165) is 26.9 Å². The minimum Gasteiger partial charge on any atom is -0.436 e. The van der Waals surface area contributed by atoms with Gasteiger partial charge in [-0.25, -0.2) is 9.97 Å². The lowest BCUT2D eigenvalue weighted by atomic mass is 10.2. The summed E-state index contributed by atoms with van der Waals surface area (Å²) in [6.45, 7) is 0. The van der Waals surface area contributed by atoms with Gasteiger partial charge in [-0.1, -0.05) is 18.2 Å². The molecule has 4 aromatic rings. The van der Waals surface area contributed by atoms with E-state index in [9.17, 15) is 0 Å². The maximum atomic E-state index is 5.79.